The van der Waals surface area contributed by atoms with Gasteiger partial charge < -0.3 is 10.2 Å². The average molecular weight is 302 g/mol. The Kier molecular flexibility index (Phi) is 3.27. The lowest BCUT2D eigenvalue weighted by Gasteiger charge is -2.22. The summed E-state index contributed by atoms with van der Waals surface area (Å²) in [6.07, 6.45) is 3.15. The van der Waals surface area contributed by atoms with Crippen molar-refractivity contribution in [3.05, 3.63) is 39.3 Å². The van der Waals surface area contributed by atoms with Crippen molar-refractivity contribution in [1.82, 2.24) is 20.4 Å². The van der Waals surface area contributed by atoms with Crippen molar-refractivity contribution in [3.8, 4) is 0 Å². The fourth-order valence-electron chi connectivity index (χ4n) is 2.86. The second-order valence-corrected chi connectivity index (χ2v) is 6.73. The molecule has 2 aliphatic rings. The molecule has 21 heavy (non-hydrogen) atoms. The summed E-state index contributed by atoms with van der Waals surface area (Å²) in [7, 11) is 0. The molecule has 1 fully saturated rings. The van der Waals surface area contributed by atoms with Gasteiger partial charge in [-0.05, 0) is 24.3 Å². The normalized spacial score (nSPS) is 17.5. The van der Waals surface area contributed by atoms with Crippen molar-refractivity contribution in [1.29, 1.82) is 0 Å². The second kappa shape index (κ2) is 5.27. The number of fused-ring (bicyclic) bond motifs is 1. The van der Waals surface area contributed by atoms with Crippen LogP contribution >= 0.6 is 11.3 Å². The molecule has 0 unspecified atom stereocenters. The van der Waals surface area contributed by atoms with Crippen LogP contribution in [0.3, 0.4) is 0 Å². The molecular weight excluding hydrogens is 284 g/mol. The number of hydrogen-bond acceptors (Lipinski definition) is 4. The van der Waals surface area contributed by atoms with Crippen molar-refractivity contribution in [2.24, 2.45) is 0 Å². The van der Waals surface area contributed by atoms with Gasteiger partial charge in [-0.15, -0.1) is 11.3 Å². The standard InChI is InChI=1S/C15H18N4OS/c20-15(14-12-8-16-6-5-13(12)17-18-14)19(10-3-4-10)9-11-2-1-7-21-11/h1-2,7,10,16H,3-6,8-9H2,(H,17,18). The number of carbonyl (C=O) groups is 1. The highest BCUT2D eigenvalue weighted by atomic mass is 32.1. The van der Waals surface area contributed by atoms with E-state index in [9.17, 15) is 4.79 Å². The van der Waals surface area contributed by atoms with Gasteiger partial charge in [-0.25, -0.2) is 0 Å². The summed E-state index contributed by atoms with van der Waals surface area (Å²) >= 11 is 1.71. The predicted octanol–water partition coefficient (Wildman–Crippen LogP) is 1.92. The van der Waals surface area contributed by atoms with E-state index in [2.05, 4.69) is 27.0 Å². The molecule has 0 bridgehead atoms. The number of amides is 1. The first-order valence-corrected chi connectivity index (χ1v) is 8.31. The number of aromatic nitrogens is 2. The summed E-state index contributed by atoms with van der Waals surface area (Å²) in [5, 5.41) is 12.7. The van der Waals surface area contributed by atoms with Crippen LogP contribution < -0.4 is 5.32 Å². The van der Waals surface area contributed by atoms with Gasteiger partial charge in [0.2, 0.25) is 0 Å². The maximum absolute atomic E-state index is 12.9. The number of aromatic amines is 1. The number of H-pyrrole nitrogens is 1. The molecule has 2 aromatic heterocycles. The molecule has 110 valence electrons. The molecule has 2 N–H and O–H groups in total. The van der Waals surface area contributed by atoms with E-state index >= 15 is 0 Å². The Labute approximate surface area is 127 Å². The van der Waals surface area contributed by atoms with Crippen molar-refractivity contribution >= 4 is 17.2 Å². The molecular formula is C15H18N4OS. The molecule has 3 heterocycles. The van der Waals surface area contributed by atoms with Crippen LogP contribution in [0.25, 0.3) is 0 Å². The van der Waals surface area contributed by atoms with Gasteiger partial charge in [0, 0.05) is 41.7 Å². The van der Waals surface area contributed by atoms with Gasteiger partial charge in [0.1, 0.15) is 0 Å². The Morgan fingerprint density at radius 3 is 3.14 bits per heavy atom. The zero-order valence-corrected chi connectivity index (χ0v) is 12.6. The van der Waals surface area contributed by atoms with Gasteiger partial charge in [-0.1, -0.05) is 6.07 Å². The maximum Gasteiger partial charge on any atom is 0.275 e. The van der Waals surface area contributed by atoms with Gasteiger partial charge in [0.15, 0.2) is 5.69 Å². The van der Waals surface area contributed by atoms with E-state index in [0.717, 1.165) is 43.6 Å². The number of thiophene rings is 1. The fraction of sp³-hybridized carbons (Fsp3) is 0.467. The Hall–Kier alpha value is -1.66. The average Bonchev–Trinajstić information content (AvgIpc) is 3.05. The van der Waals surface area contributed by atoms with Gasteiger partial charge in [-0.3, -0.25) is 9.89 Å². The largest absolute Gasteiger partial charge is 0.329 e. The minimum absolute atomic E-state index is 0.0760. The molecule has 6 heteroatoms. The lowest BCUT2D eigenvalue weighted by Crippen LogP contribution is -2.34. The van der Waals surface area contributed by atoms with E-state index in [1.807, 2.05) is 11.0 Å². The van der Waals surface area contributed by atoms with Crippen LogP contribution in [0.15, 0.2) is 17.5 Å². The number of nitrogens with zero attached hydrogens (tertiary/aromatic N) is 2. The highest BCUT2D eigenvalue weighted by Gasteiger charge is 2.35. The minimum Gasteiger partial charge on any atom is -0.329 e. The van der Waals surface area contributed by atoms with E-state index in [1.54, 1.807) is 11.3 Å². The van der Waals surface area contributed by atoms with Crippen LogP contribution in [0.4, 0.5) is 0 Å². The van der Waals surface area contributed by atoms with E-state index in [0.29, 0.717) is 18.3 Å². The lowest BCUT2D eigenvalue weighted by molar-refractivity contribution is 0.0724. The Morgan fingerprint density at radius 1 is 1.48 bits per heavy atom. The molecule has 1 aliphatic heterocycles. The molecule has 0 spiro atoms. The number of nitrogens with one attached hydrogen (secondary N) is 2. The number of carbonyl (C=O) groups excluding carboxylic acids is 1. The highest BCUT2D eigenvalue weighted by Crippen LogP contribution is 2.31. The number of hydrogen-bond donors (Lipinski definition) is 2. The van der Waals surface area contributed by atoms with Crippen LogP contribution in [-0.2, 0) is 19.5 Å². The van der Waals surface area contributed by atoms with Crippen molar-refractivity contribution < 1.29 is 4.79 Å². The van der Waals surface area contributed by atoms with Crippen LogP contribution in [0.2, 0.25) is 0 Å². The van der Waals surface area contributed by atoms with Crippen LogP contribution in [-0.4, -0.2) is 33.6 Å². The summed E-state index contributed by atoms with van der Waals surface area (Å²) in [4.78, 5) is 16.1. The molecule has 1 saturated carbocycles. The lowest BCUT2D eigenvalue weighted by atomic mass is 10.1. The van der Waals surface area contributed by atoms with E-state index < -0.39 is 0 Å². The molecule has 0 radical (unpaired) electrons. The summed E-state index contributed by atoms with van der Waals surface area (Å²) in [6, 6.07) is 4.52. The highest BCUT2D eigenvalue weighted by molar-refractivity contribution is 7.09. The third-order valence-electron chi connectivity index (χ3n) is 4.16. The SMILES string of the molecule is O=C(c1n[nH]c2c1CNCC2)N(Cc1cccs1)C1CC1. The van der Waals surface area contributed by atoms with E-state index in [4.69, 9.17) is 0 Å². The van der Waals surface area contributed by atoms with Gasteiger partial charge >= 0.3 is 0 Å². The summed E-state index contributed by atoms with van der Waals surface area (Å²) in [6.45, 7) is 2.39. The molecule has 0 aromatic carbocycles. The topological polar surface area (TPSA) is 61.0 Å². The first kappa shape index (κ1) is 13.0. The molecule has 0 saturated heterocycles. The van der Waals surface area contributed by atoms with E-state index in [1.165, 1.54) is 4.88 Å². The number of rotatable bonds is 4. The summed E-state index contributed by atoms with van der Waals surface area (Å²) in [5.74, 6) is 0.0760. The first-order chi connectivity index (χ1) is 10.3. The van der Waals surface area contributed by atoms with Crippen LogP contribution in [0, 0.1) is 0 Å². The van der Waals surface area contributed by atoms with Gasteiger partial charge in [0.05, 0.1) is 6.54 Å². The van der Waals surface area contributed by atoms with Crippen molar-refractivity contribution in [2.75, 3.05) is 6.54 Å². The third kappa shape index (κ3) is 2.49. The van der Waals surface area contributed by atoms with E-state index in [-0.39, 0.29) is 5.91 Å². The molecule has 5 nitrogen and oxygen atoms in total. The fourth-order valence-corrected chi connectivity index (χ4v) is 3.56. The quantitative estimate of drug-likeness (QED) is 0.907. The van der Waals surface area contributed by atoms with Gasteiger partial charge in [0.25, 0.3) is 5.91 Å². The zero-order chi connectivity index (χ0) is 14.2. The Bertz CT molecular complexity index is 645. The van der Waals surface area contributed by atoms with Crippen LogP contribution in [0.1, 0.15) is 39.5 Å². The molecule has 2 aromatic rings. The molecule has 0 atom stereocenters. The first-order valence-electron chi connectivity index (χ1n) is 7.43. The van der Waals surface area contributed by atoms with Gasteiger partial charge in [-0.2, -0.15) is 5.10 Å². The van der Waals surface area contributed by atoms with Crippen molar-refractivity contribution in [2.45, 2.75) is 38.4 Å². The molecule has 4 rings (SSSR count). The monoisotopic (exact) mass is 302 g/mol. The van der Waals surface area contributed by atoms with Crippen molar-refractivity contribution in [3.63, 3.8) is 0 Å². The zero-order valence-electron chi connectivity index (χ0n) is 11.8. The predicted molar refractivity (Wildman–Crippen MR) is 81.2 cm³/mol. The summed E-state index contributed by atoms with van der Waals surface area (Å²) in [5.41, 5.74) is 2.78. The Balaban J connectivity index is 1.60. The summed E-state index contributed by atoms with van der Waals surface area (Å²) < 4.78 is 0. The Morgan fingerprint density at radius 2 is 2.38 bits per heavy atom. The third-order valence-corrected chi connectivity index (χ3v) is 5.02. The molecule has 1 aliphatic carbocycles. The van der Waals surface area contributed by atoms with Crippen LogP contribution in [0.5, 0.6) is 0 Å². The minimum atomic E-state index is 0.0760. The smallest absolute Gasteiger partial charge is 0.275 e. The molecule has 1 amide bonds. The maximum atomic E-state index is 12.9. The second-order valence-electron chi connectivity index (χ2n) is 5.70.